The van der Waals surface area contributed by atoms with Crippen LogP contribution in [0.3, 0.4) is 0 Å². The predicted molar refractivity (Wildman–Crippen MR) is 185 cm³/mol. The van der Waals surface area contributed by atoms with Gasteiger partial charge in [0, 0.05) is 18.0 Å². The highest BCUT2D eigenvalue weighted by Gasteiger charge is 2.47. The maximum Gasteiger partial charge on any atom is 0.505 e. The molecule has 1 saturated carbocycles. The van der Waals surface area contributed by atoms with Gasteiger partial charge in [0.2, 0.25) is 0 Å². The number of hydrogen-bond donors (Lipinski definition) is 4. The molecule has 2 aliphatic carbocycles. The molecule has 1 unspecified atom stereocenters. The second-order valence-corrected chi connectivity index (χ2v) is 14.1. The number of allylic oxidation sites excluding steroid dienone is 2. The second-order valence-electron chi connectivity index (χ2n) is 12.5. The average molecular weight is 749 g/mol. The van der Waals surface area contributed by atoms with E-state index in [2.05, 4.69) is 10.6 Å². The number of fused-ring (bicyclic) bond motifs is 1. The highest BCUT2D eigenvalue weighted by molar-refractivity contribution is 7.92. The highest BCUT2D eigenvalue weighted by atomic mass is 32.2. The van der Waals surface area contributed by atoms with Crippen LogP contribution in [-0.4, -0.2) is 79.8 Å². The maximum atomic E-state index is 15.1. The van der Waals surface area contributed by atoms with Crippen LogP contribution in [0.25, 0.3) is 0 Å². The lowest BCUT2D eigenvalue weighted by Gasteiger charge is -2.26. The lowest BCUT2D eigenvalue weighted by molar-refractivity contribution is -0.393. The molecule has 3 aromatic carbocycles. The van der Waals surface area contributed by atoms with Crippen LogP contribution in [0.15, 0.2) is 89.5 Å². The Morgan fingerprint density at radius 3 is 2.21 bits per heavy atom. The van der Waals surface area contributed by atoms with E-state index in [0.29, 0.717) is 29.2 Å². The number of rotatable bonds is 12. The van der Waals surface area contributed by atoms with Crippen molar-refractivity contribution < 1.29 is 55.6 Å². The number of anilines is 2. The molecular formula is C36H32F2N5O9S+. The van der Waals surface area contributed by atoms with Gasteiger partial charge in [-0.1, -0.05) is 12.1 Å². The zero-order valence-electron chi connectivity index (χ0n) is 28.1. The van der Waals surface area contributed by atoms with Crippen LogP contribution in [0.5, 0.6) is 0 Å². The number of nitrogens with zero attached hydrogens (tertiary/aromatic N) is 2. The van der Waals surface area contributed by atoms with Crippen molar-refractivity contribution in [2.75, 3.05) is 23.8 Å². The summed E-state index contributed by atoms with van der Waals surface area (Å²) >= 11 is 0. The van der Waals surface area contributed by atoms with Gasteiger partial charge < -0.3 is 20.5 Å². The van der Waals surface area contributed by atoms with Gasteiger partial charge in [-0.2, -0.15) is 9.37 Å². The summed E-state index contributed by atoms with van der Waals surface area (Å²) < 4.78 is 64.6. The number of carbonyl (C=O) groups excluding carboxylic acids is 4. The Morgan fingerprint density at radius 1 is 0.981 bits per heavy atom. The Bertz CT molecular complexity index is 2230. The molecule has 274 valence electrons. The number of carbonyl (C=O) groups is 5. The van der Waals surface area contributed by atoms with E-state index >= 15 is 8.78 Å². The molecule has 1 fully saturated rings. The number of sulfonamides is 1. The van der Waals surface area contributed by atoms with Crippen LogP contribution in [0.1, 0.15) is 39.1 Å². The normalized spacial score (nSPS) is 17.5. The number of nitrogens with one attached hydrogen (secondary N) is 3. The number of aliphatic carboxylic acids is 1. The summed E-state index contributed by atoms with van der Waals surface area (Å²) in [5, 5.41) is 14.7. The summed E-state index contributed by atoms with van der Waals surface area (Å²) in [7, 11) is -1.40. The highest BCUT2D eigenvalue weighted by Crippen LogP contribution is 2.28. The minimum absolute atomic E-state index is 0.0946. The van der Waals surface area contributed by atoms with E-state index in [-0.39, 0.29) is 34.5 Å². The molecule has 0 radical (unpaired) electrons. The van der Waals surface area contributed by atoms with E-state index < -0.39 is 68.7 Å². The number of methoxy groups -OCH3 is 1. The van der Waals surface area contributed by atoms with Gasteiger partial charge in [-0.15, -0.1) is 4.90 Å². The van der Waals surface area contributed by atoms with Crippen molar-refractivity contribution in [2.45, 2.75) is 36.2 Å². The van der Waals surface area contributed by atoms with E-state index in [9.17, 15) is 37.5 Å². The third-order valence-corrected chi connectivity index (χ3v) is 10.2. The quantitative estimate of drug-likeness (QED) is 0.201. The van der Waals surface area contributed by atoms with Gasteiger partial charge in [-0.05, 0) is 85.2 Å². The van der Waals surface area contributed by atoms with Crippen LogP contribution in [0, 0.1) is 17.6 Å². The van der Waals surface area contributed by atoms with Gasteiger partial charge in [-0.25, -0.2) is 26.8 Å². The zero-order chi connectivity index (χ0) is 38.2. The van der Waals surface area contributed by atoms with Gasteiger partial charge in [0.25, 0.3) is 21.8 Å². The minimum atomic E-state index is -4.37. The summed E-state index contributed by atoms with van der Waals surface area (Å²) in [6, 6.07) is 9.55. The van der Waals surface area contributed by atoms with Gasteiger partial charge in [0.15, 0.2) is 0 Å². The molecule has 6 rings (SSSR count). The third kappa shape index (κ3) is 7.69. The molecule has 4 N–H and O–H groups in total. The van der Waals surface area contributed by atoms with E-state index in [1.807, 2.05) is 4.72 Å². The van der Waals surface area contributed by atoms with Gasteiger partial charge in [0.05, 0.1) is 24.7 Å². The smallest absolute Gasteiger partial charge is 0.497 e. The standard InChI is InChI=1S/C36H31F2N5O9S/c1-42-30-14-11-24(52-2)18-26(30)34(46)43(36(42)49)23-9-3-19(4-10-23)15-29(35(47)48)40-33(45)31-27(37)16-22(17-28(31)38)41-53(50,51)25-12-5-20(6-13-25)32(44)39-21-7-8-21/h3-6,9-14,16-18,21,26,29H,7-8,15H2,1-2H3,(H3-,39,40,41,44,45,47,48)/p+1/t26?,29-/m0/s1. The Morgan fingerprint density at radius 2 is 1.62 bits per heavy atom. The number of urea groups is 1. The summed E-state index contributed by atoms with van der Waals surface area (Å²) in [5.74, 6) is -7.12. The van der Waals surface area contributed by atoms with Crippen molar-refractivity contribution >= 4 is 56.8 Å². The van der Waals surface area contributed by atoms with Crippen molar-refractivity contribution in [3.63, 3.8) is 0 Å². The van der Waals surface area contributed by atoms with Gasteiger partial charge in [0.1, 0.15) is 46.3 Å². The molecule has 0 bridgehead atoms. The maximum absolute atomic E-state index is 15.1. The summed E-state index contributed by atoms with van der Waals surface area (Å²) in [4.78, 5) is 64.4. The molecule has 0 saturated heterocycles. The molecule has 17 heteroatoms. The number of carboxylic acid groups (broad SMARTS) is 1. The van der Waals surface area contributed by atoms with Crippen LogP contribution < -0.4 is 20.3 Å². The van der Waals surface area contributed by atoms with E-state index in [0.717, 1.165) is 29.9 Å². The molecule has 0 aromatic heterocycles. The lowest BCUT2D eigenvalue weighted by atomic mass is 9.93. The first kappa shape index (κ1) is 36.6. The summed E-state index contributed by atoms with van der Waals surface area (Å²) in [6.45, 7) is 0. The number of benzene rings is 3. The SMILES string of the molecule is COC1=CC2C(=O)N(c3ccc(C[C@H](NC(=O)c4c(F)cc(NS(=O)(=O)c5ccc(C(=O)NC6CC6)cc5)cc4F)C(=O)O)cc3)C(=O)[N+](C)=C2C=C1. The monoisotopic (exact) mass is 748 g/mol. The molecule has 0 spiro atoms. The van der Waals surface area contributed by atoms with Crippen molar-refractivity contribution in [3.05, 3.63) is 113 Å². The number of imide groups is 1. The molecule has 1 aliphatic heterocycles. The Kier molecular flexibility index (Phi) is 9.94. The average Bonchev–Trinajstić information content (AvgIpc) is 3.94. The van der Waals surface area contributed by atoms with Crippen LogP contribution >= 0.6 is 0 Å². The molecule has 53 heavy (non-hydrogen) atoms. The van der Waals surface area contributed by atoms with Crippen LogP contribution in [0.4, 0.5) is 25.0 Å². The first-order valence-corrected chi connectivity index (χ1v) is 17.6. The second kappa shape index (κ2) is 14.4. The van der Waals surface area contributed by atoms with Crippen molar-refractivity contribution in [1.29, 1.82) is 0 Å². The Balaban J connectivity index is 1.12. The zero-order valence-corrected chi connectivity index (χ0v) is 28.9. The fourth-order valence-corrected chi connectivity index (χ4v) is 6.79. The van der Waals surface area contributed by atoms with Crippen molar-refractivity contribution in [1.82, 2.24) is 10.6 Å². The largest absolute Gasteiger partial charge is 0.505 e. The minimum Gasteiger partial charge on any atom is -0.497 e. The number of hydrogen-bond acceptors (Lipinski definition) is 8. The van der Waals surface area contributed by atoms with E-state index in [4.69, 9.17) is 4.74 Å². The van der Waals surface area contributed by atoms with Gasteiger partial charge >= 0.3 is 17.9 Å². The fraction of sp³-hybridized carbons (Fsp3) is 0.222. The summed E-state index contributed by atoms with van der Waals surface area (Å²) in [5.41, 5.74) is -0.472. The van der Waals surface area contributed by atoms with Crippen molar-refractivity contribution in [3.8, 4) is 0 Å². The fourth-order valence-electron chi connectivity index (χ4n) is 5.75. The topological polar surface area (TPSA) is 191 Å². The third-order valence-electron chi connectivity index (χ3n) is 8.75. The molecule has 3 aliphatic rings. The molecule has 2 atom stereocenters. The van der Waals surface area contributed by atoms with Crippen LogP contribution in [-0.2, 0) is 30.8 Å². The Hall–Kier alpha value is -6.23. The molecule has 5 amide bonds. The first-order valence-electron chi connectivity index (χ1n) is 16.1. The van der Waals surface area contributed by atoms with Crippen LogP contribution in [0.2, 0.25) is 0 Å². The molecule has 14 nitrogen and oxygen atoms in total. The number of carboxylic acids is 1. The Labute approximate surface area is 301 Å². The molecule has 3 aromatic rings. The summed E-state index contributed by atoms with van der Waals surface area (Å²) in [6.07, 6.45) is 6.22. The number of halogens is 2. The first-order chi connectivity index (χ1) is 25.2. The van der Waals surface area contributed by atoms with E-state index in [1.54, 1.807) is 18.2 Å². The van der Waals surface area contributed by atoms with Crippen molar-refractivity contribution in [2.24, 2.45) is 5.92 Å². The molecular weight excluding hydrogens is 716 g/mol. The number of ether oxygens (including phenoxy) is 1. The predicted octanol–water partition coefficient (Wildman–Crippen LogP) is 3.35. The molecule has 1 heterocycles. The number of amides is 5. The lowest BCUT2D eigenvalue weighted by Crippen LogP contribution is -2.53. The van der Waals surface area contributed by atoms with E-state index in [1.165, 1.54) is 55.1 Å². The van der Waals surface area contributed by atoms with Gasteiger partial charge in [-0.3, -0.25) is 14.3 Å².